The number of carboxylic acid groups (broad SMARTS) is 1. The number of nitrogens with zero attached hydrogens (tertiary/aromatic N) is 2. The minimum absolute atomic E-state index is 0.150. The molecule has 0 fully saturated rings. The number of H-pyrrole nitrogens is 1. The third-order valence-electron chi connectivity index (χ3n) is 2.35. The molecular weight excluding hydrogens is 274 g/mol. The number of carbonyl (C=O) groups excluding carboxylic acids is 1. The Kier molecular flexibility index (Phi) is 5.16. The first-order valence-electron chi connectivity index (χ1n) is 5.47. The highest BCUT2D eigenvalue weighted by Crippen LogP contribution is 2.23. The molecular formula is C10H15N3O5S. The van der Waals surface area contributed by atoms with Crippen molar-refractivity contribution >= 4 is 23.7 Å². The van der Waals surface area contributed by atoms with Crippen LogP contribution in [0.25, 0.3) is 0 Å². The number of ether oxygens (including phenoxy) is 1. The van der Waals surface area contributed by atoms with Gasteiger partial charge in [0.05, 0.1) is 12.9 Å². The van der Waals surface area contributed by atoms with Gasteiger partial charge in [0.25, 0.3) is 0 Å². The summed E-state index contributed by atoms with van der Waals surface area (Å²) in [5.74, 6) is -2.07. The second-order valence-electron chi connectivity index (χ2n) is 4.08. The number of esters is 1. The van der Waals surface area contributed by atoms with Crippen LogP contribution in [0.15, 0.2) is 9.95 Å². The molecule has 0 amide bonds. The van der Waals surface area contributed by atoms with Gasteiger partial charge in [-0.15, -0.1) is 5.10 Å². The molecule has 1 unspecified atom stereocenters. The Morgan fingerprint density at radius 3 is 2.63 bits per heavy atom. The smallest absolute Gasteiger partial charge is 0.344 e. The van der Waals surface area contributed by atoms with Crippen molar-refractivity contribution in [2.75, 3.05) is 12.9 Å². The molecule has 1 heterocycles. The first-order valence-corrected chi connectivity index (χ1v) is 6.46. The lowest BCUT2D eigenvalue weighted by Crippen LogP contribution is -2.33. The number of nitrogens with one attached hydrogen (secondary N) is 1. The first kappa shape index (κ1) is 15.3. The number of carboxylic acids is 1. The van der Waals surface area contributed by atoms with E-state index < -0.39 is 23.7 Å². The van der Waals surface area contributed by atoms with Crippen LogP contribution < -0.4 is 5.69 Å². The zero-order valence-electron chi connectivity index (χ0n) is 10.7. The maximum Gasteiger partial charge on any atom is 0.344 e. The Labute approximate surface area is 113 Å². The molecule has 0 aromatic carbocycles. The van der Waals surface area contributed by atoms with E-state index in [-0.39, 0.29) is 16.8 Å². The lowest BCUT2D eigenvalue weighted by atomic mass is 10.0. The van der Waals surface area contributed by atoms with Crippen molar-refractivity contribution in [3.8, 4) is 0 Å². The fourth-order valence-electron chi connectivity index (χ4n) is 1.56. The molecule has 0 radical (unpaired) electrons. The van der Waals surface area contributed by atoms with Crippen LogP contribution in [0.1, 0.15) is 19.9 Å². The van der Waals surface area contributed by atoms with Gasteiger partial charge < -0.3 is 9.84 Å². The number of hydrogen-bond donors (Lipinski definition) is 2. The zero-order chi connectivity index (χ0) is 14.6. The van der Waals surface area contributed by atoms with E-state index in [1.165, 1.54) is 7.11 Å². The summed E-state index contributed by atoms with van der Waals surface area (Å²) in [6.45, 7) is 3.51. The van der Waals surface area contributed by atoms with Crippen molar-refractivity contribution in [1.82, 2.24) is 14.8 Å². The Morgan fingerprint density at radius 2 is 2.16 bits per heavy atom. The van der Waals surface area contributed by atoms with Gasteiger partial charge in [0.2, 0.25) is 0 Å². The fraction of sp³-hybridized carbons (Fsp3) is 0.600. The highest BCUT2D eigenvalue weighted by Gasteiger charge is 2.29. The van der Waals surface area contributed by atoms with E-state index in [9.17, 15) is 14.4 Å². The third kappa shape index (κ3) is 3.60. The van der Waals surface area contributed by atoms with Crippen LogP contribution in [0, 0.1) is 5.92 Å². The summed E-state index contributed by atoms with van der Waals surface area (Å²) in [6.07, 6.45) is 0. The highest BCUT2D eigenvalue weighted by molar-refractivity contribution is 7.99. The molecule has 9 heteroatoms. The molecule has 0 spiro atoms. The second-order valence-corrected chi connectivity index (χ2v) is 5.02. The normalized spacial score (nSPS) is 12.4. The molecule has 2 N–H and O–H groups in total. The molecule has 1 rings (SSSR count). The molecule has 1 aromatic rings. The van der Waals surface area contributed by atoms with Gasteiger partial charge >= 0.3 is 17.6 Å². The molecule has 0 aliphatic carbocycles. The van der Waals surface area contributed by atoms with Gasteiger partial charge in [0, 0.05) is 0 Å². The Bertz CT molecular complexity index is 521. The minimum atomic E-state index is -1.04. The number of rotatable bonds is 6. The maximum absolute atomic E-state index is 11.7. The van der Waals surface area contributed by atoms with Crippen LogP contribution in [0.5, 0.6) is 0 Å². The summed E-state index contributed by atoms with van der Waals surface area (Å²) in [7, 11) is 1.23. The zero-order valence-corrected chi connectivity index (χ0v) is 11.6. The van der Waals surface area contributed by atoms with E-state index in [1.54, 1.807) is 13.8 Å². The average Bonchev–Trinajstić information content (AvgIpc) is 2.68. The number of aromatic amines is 1. The van der Waals surface area contributed by atoms with Gasteiger partial charge in [-0.2, -0.15) is 0 Å². The van der Waals surface area contributed by atoms with Crippen LogP contribution in [0.3, 0.4) is 0 Å². The van der Waals surface area contributed by atoms with E-state index >= 15 is 0 Å². The monoisotopic (exact) mass is 289 g/mol. The SMILES string of the molecule is COC(=O)C(C(C)C)n1c(SCC(=O)O)n[nH]c1=O. The number of thioether (sulfide) groups is 1. The molecule has 0 bridgehead atoms. The third-order valence-corrected chi connectivity index (χ3v) is 3.29. The van der Waals surface area contributed by atoms with Gasteiger partial charge in [0.1, 0.15) is 6.04 Å². The number of aliphatic carboxylic acids is 1. The molecule has 0 aliphatic rings. The summed E-state index contributed by atoms with van der Waals surface area (Å²) in [6, 6.07) is -0.840. The fourth-order valence-corrected chi connectivity index (χ4v) is 2.26. The molecule has 0 saturated carbocycles. The first-order chi connectivity index (χ1) is 8.88. The average molecular weight is 289 g/mol. The van der Waals surface area contributed by atoms with Crippen LogP contribution >= 0.6 is 11.8 Å². The lowest BCUT2D eigenvalue weighted by molar-refractivity contribution is -0.146. The van der Waals surface area contributed by atoms with Crippen LogP contribution in [-0.4, -0.2) is 44.7 Å². The van der Waals surface area contributed by atoms with E-state index in [0.717, 1.165) is 16.3 Å². The largest absolute Gasteiger partial charge is 0.481 e. The standard InChI is InChI=1S/C10H15N3O5S/c1-5(2)7(8(16)18-3)13-9(17)11-12-10(13)19-4-6(14)15/h5,7H,4H2,1-3H3,(H,11,17)(H,14,15). The molecule has 0 aliphatic heterocycles. The van der Waals surface area contributed by atoms with E-state index in [2.05, 4.69) is 14.9 Å². The van der Waals surface area contributed by atoms with E-state index in [0.29, 0.717) is 0 Å². The van der Waals surface area contributed by atoms with Gasteiger partial charge in [-0.05, 0) is 5.92 Å². The Hall–Kier alpha value is -1.77. The predicted octanol–water partition coefficient (Wildman–Crippen LogP) is 0.118. The molecule has 19 heavy (non-hydrogen) atoms. The van der Waals surface area contributed by atoms with E-state index in [1.807, 2.05) is 0 Å². The number of methoxy groups -OCH3 is 1. The van der Waals surface area contributed by atoms with Crippen molar-refractivity contribution in [2.24, 2.45) is 5.92 Å². The molecule has 0 saturated heterocycles. The lowest BCUT2D eigenvalue weighted by Gasteiger charge is -2.19. The molecule has 8 nitrogen and oxygen atoms in total. The van der Waals surface area contributed by atoms with Crippen LogP contribution in [0.2, 0.25) is 0 Å². The Balaban J connectivity index is 3.15. The molecule has 1 atom stereocenters. The van der Waals surface area contributed by atoms with Crippen molar-refractivity contribution in [1.29, 1.82) is 0 Å². The quantitative estimate of drug-likeness (QED) is 0.564. The van der Waals surface area contributed by atoms with Crippen molar-refractivity contribution < 1.29 is 19.4 Å². The van der Waals surface area contributed by atoms with Gasteiger partial charge in [-0.25, -0.2) is 14.7 Å². The van der Waals surface area contributed by atoms with Crippen molar-refractivity contribution in [3.63, 3.8) is 0 Å². The maximum atomic E-state index is 11.7. The highest BCUT2D eigenvalue weighted by atomic mass is 32.2. The predicted molar refractivity (Wildman–Crippen MR) is 67.1 cm³/mol. The van der Waals surface area contributed by atoms with E-state index in [4.69, 9.17) is 5.11 Å². The molecule has 106 valence electrons. The second kappa shape index (κ2) is 6.41. The Morgan fingerprint density at radius 1 is 1.53 bits per heavy atom. The van der Waals surface area contributed by atoms with Gasteiger partial charge in [0.15, 0.2) is 5.16 Å². The molecule has 1 aromatic heterocycles. The summed E-state index contributed by atoms with van der Waals surface area (Å²) >= 11 is 0.863. The summed E-state index contributed by atoms with van der Waals surface area (Å²) < 4.78 is 5.80. The van der Waals surface area contributed by atoms with Crippen LogP contribution in [-0.2, 0) is 14.3 Å². The number of hydrogen-bond acceptors (Lipinski definition) is 6. The summed E-state index contributed by atoms with van der Waals surface area (Å²) in [5.41, 5.74) is -0.572. The summed E-state index contributed by atoms with van der Waals surface area (Å²) in [5, 5.41) is 14.7. The van der Waals surface area contributed by atoms with Crippen molar-refractivity contribution in [2.45, 2.75) is 25.0 Å². The number of carbonyl (C=O) groups is 2. The van der Waals surface area contributed by atoms with Gasteiger partial charge in [-0.1, -0.05) is 25.6 Å². The van der Waals surface area contributed by atoms with Gasteiger partial charge in [-0.3, -0.25) is 9.36 Å². The van der Waals surface area contributed by atoms with Crippen LogP contribution in [0.4, 0.5) is 0 Å². The van der Waals surface area contributed by atoms with Crippen molar-refractivity contribution in [3.05, 3.63) is 10.5 Å². The summed E-state index contributed by atoms with van der Waals surface area (Å²) in [4.78, 5) is 34.0. The number of aromatic nitrogens is 3. The minimum Gasteiger partial charge on any atom is -0.481 e. The topological polar surface area (TPSA) is 114 Å².